The number of unbranched alkanes of at least 4 members (excludes halogenated alkanes) is 2. The Morgan fingerprint density at radius 1 is 1.40 bits per heavy atom. The van der Waals surface area contributed by atoms with Crippen LogP contribution in [0.1, 0.15) is 44.5 Å². The molecule has 3 heteroatoms. The lowest BCUT2D eigenvalue weighted by atomic mass is 10.1. The number of nitrogens with zero attached hydrogens (tertiary/aromatic N) is 1. The van der Waals surface area contributed by atoms with E-state index in [4.69, 9.17) is 0 Å². The molecule has 1 aromatic rings. The van der Waals surface area contributed by atoms with Crippen LogP contribution in [0.5, 0.6) is 0 Å². The fourth-order valence-corrected chi connectivity index (χ4v) is 2.47. The minimum Gasteiger partial charge on any atom is -0.314 e. The Morgan fingerprint density at radius 3 is 2.87 bits per heavy atom. The summed E-state index contributed by atoms with van der Waals surface area (Å²) in [4.78, 5) is 4.35. The maximum atomic E-state index is 4.35. The summed E-state index contributed by atoms with van der Waals surface area (Å²) in [5.41, 5.74) is 0. The van der Waals surface area contributed by atoms with Crippen LogP contribution in [0.25, 0.3) is 0 Å². The molecule has 0 aliphatic heterocycles. The topological polar surface area (TPSA) is 24.9 Å². The molecule has 0 bridgehead atoms. The van der Waals surface area contributed by atoms with Crippen molar-refractivity contribution in [2.45, 2.75) is 52.0 Å². The molecule has 0 fully saturated rings. The highest BCUT2D eigenvalue weighted by molar-refractivity contribution is 7.09. The van der Waals surface area contributed by atoms with Gasteiger partial charge in [0.2, 0.25) is 0 Å². The van der Waals surface area contributed by atoms with Gasteiger partial charge in [-0.1, -0.05) is 33.1 Å². The van der Waals surface area contributed by atoms with Gasteiger partial charge in [0.15, 0.2) is 0 Å². The van der Waals surface area contributed by atoms with E-state index in [0.717, 1.165) is 13.0 Å². The lowest BCUT2D eigenvalue weighted by molar-refractivity contribution is 0.466. The normalized spacial score (nSPS) is 12.9. The lowest BCUT2D eigenvalue weighted by Crippen LogP contribution is -2.30. The van der Waals surface area contributed by atoms with Crippen LogP contribution in [-0.4, -0.2) is 17.6 Å². The third-order valence-electron chi connectivity index (χ3n) is 2.55. The van der Waals surface area contributed by atoms with Gasteiger partial charge in [0, 0.05) is 24.0 Å². The first-order valence-electron chi connectivity index (χ1n) is 5.98. The maximum absolute atomic E-state index is 4.35. The van der Waals surface area contributed by atoms with Crippen molar-refractivity contribution in [3.63, 3.8) is 0 Å². The van der Waals surface area contributed by atoms with Crippen LogP contribution >= 0.6 is 11.3 Å². The molecular weight excluding hydrogens is 204 g/mol. The molecule has 1 N–H and O–H groups in total. The van der Waals surface area contributed by atoms with Crippen molar-refractivity contribution in [2.24, 2.45) is 0 Å². The fourth-order valence-electron chi connectivity index (χ4n) is 1.77. The molecular formula is C12H22N2S. The van der Waals surface area contributed by atoms with Crippen molar-refractivity contribution in [3.05, 3.63) is 16.6 Å². The summed E-state index contributed by atoms with van der Waals surface area (Å²) in [6.07, 6.45) is 8.25. The highest BCUT2D eigenvalue weighted by Crippen LogP contribution is 2.11. The average molecular weight is 226 g/mol. The van der Waals surface area contributed by atoms with Crippen molar-refractivity contribution in [3.8, 4) is 0 Å². The molecule has 1 unspecified atom stereocenters. The molecule has 0 amide bonds. The highest BCUT2D eigenvalue weighted by atomic mass is 32.1. The Hall–Kier alpha value is -0.410. The minimum absolute atomic E-state index is 0.618. The third-order valence-corrected chi connectivity index (χ3v) is 3.36. The first-order valence-corrected chi connectivity index (χ1v) is 6.86. The van der Waals surface area contributed by atoms with Gasteiger partial charge in [-0.25, -0.2) is 4.98 Å². The lowest BCUT2D eigenvalue weighted by Gasteiger charge is -2.16. The molecule has 2 nitrogen and oxygen atoms in total. The number of hydrogen-bond acceptors (Lipinski definition) is 3. The van der Waals surface area contributed by atoms with Gasteiger partial charge in [0.05, 0.1) is 5.01 Å². The zero-order chi connectivity index (χ0) is 10.9. The fraction of sp³-hybridized carbons (Fsp3) is 0.750. The van der Waals surface area contributed by atoms with E-state index in [2.05, 4.69) is 29.5 Å². The first kappa shape index (κ1) is 12.7. The molecule has 1 aromatic heterocycles. The summed E-state index contributed by atoms with van der Waals surface area (Å²) in [6.45, 7) is 5.49. The summed E-state index contributed by atoms with van der Waals surface area (Å²) in [5.74, 6) is 0. The molecule has 86 valence electrons. The standard InChI is InChI=1S/C12H22N2S/c1-3-5-6-7-11(13-4-2)10-12-14-8-9-15-12/h8-9,11,13H,3-7,10H2,1-2H3. The second-order valence-electron chi connectivity index (χ2n) is 3.88. The number of hydrogen-bond donors (Lipinski definition) is 1. The smallest absolute Gasteiger partial charge is 0.0940 e. The van der Waals surface area contributed by atoms with Gasteiger partial charge in [-0.3, -0.25) is 0 Å². The largest absolute Gasteiger partial charge is 0.314 e. The van der Waals surface area contributed by atoms with E-state index >= 15 is 0 Å². The van der Waals surface area contributed by atoms with Gasteiger partial charge >= 0.3 is 0 Å². The summed E-state index contributed by atoms with van der Waals surface area (Å²) in [7, 11) is 0. The molecule has 1 heterocycles. The van der Waals surface area contributed by atoms with E-state index < -0.39 is 0 Å². The van der Waals surface area contributed by atoms with Crippen molar-refractivity contribution in [1.29, 1.82) is 0 Å². The van der Waals surface area contributed by atoms with Crippen molar-refractivity contribution >= 4 is 11.3 Å². The van der Waals surface area contributed by atoms with Gasteiger partial charge in [-0.05, 0) is 13.0 Å². The Bertz CT molecular complexity index is 234. The van der Waals surface area contributed by atoms with Crippen LogP contribution < -0.4 is 5.32 Å². The summed E-state index contributed by atoms with van der Waals surface area (Å²) in [6, 6.07) is 0.618. The summed E-state index contributed by atoms with van der Waals surface area (Å²) in [5, 5.41) is 6.87. The molecule has 1 rings (SSSR count). The number of rotatable bonds is 8. The second-order valence-corrected chi connectivity index (χ2v) is 4.86. The van der Waals surface area contributed by atoms with Crippen LogP contribution in [0, 0.1) is 0 Å². The first-order chi connectivity index (χ1) is 7.36. The van der Waals surface area contributed by atoms with E-state index in [1.807, 2.05) is 6.20 Å². The maximum Gasteiger partial charge on any atom is 0.0940 e. The van der Waals surface area contributed by atoms with Crippen molar-refractivity contribution in [1.82, 2.24) is 10.3 Å². The summed E-state index contributed by atoms with van der Waals surface area (Å²) < 4.78 is 0. The van der Waals surface area contributed by atoms with Crippen LogP contribution in [-0.2, 0) is 6.42 Å². The number of thiazole rings is 1. The van der Waals surface area contributed by atoms with Gasteiger partial charge in [0.25, 0.3) is 0 Å². The Labute approximate surface area is 97.1 Å². The highest BCUT2D eigenvalue weighted by Gasteiger charge is 2.09. The number of aromatic nitrogens is 1. The zero-order valence-electron chi connectivity index (χ0n) is 9.83. The van der Waals surface area contributed by atoms with E-state index in [1.165, 1.54) is 30.7 Å². The van der Waals surface area contributed by atoms with Crippen molar-refractivity contribution in [2.75, 3.05) is 6.54 Å². The molecule has 0 saturated heterocycles. The number of likely N-dealkylation sites (N-methyl/N-ethyl adjacent to an activating group) is 1. The average Bonchev–Trinajstić information content (AvgIpc) is 2.71. The second kappa shape index (κ2) is 7.83. The molecule has 0 saturated carbocycles. The molecule has 1 atom stereocenters. The Balaban J connectivity index is 2.29. The van der Waals surface area contributed by atoms with Gasteiger partial charge < -0.3 is 5.32 Å². The van der Waals surface area contributed by atoms with E-state index in [9.17, 15) is 0 Å². The van der Waals surface area contributed by atoms with Crippen LogP contribution in [0.15, 0.2) is 11.6 Å². The Morgan fingerprint density at radius 2 is 2.27 bits per heavy atom. The van der Waals surface area contributed by atoms with Gasteiger partial charge in [-0.15, -0.1) is 11.3 Å². The van der Waals surface area contributed by atoms with E-state index in [1.54, 1.807) is 11.3 Å². The van der Waals surface area contributed by atoms with Crippen LogP contribution in [0.3, 0.4) is 0 Å². The van der Waals surface area contributed by atoms with Crippen LogP contribution in [0.2, 0.25) is 0 Å². The minimum atomic E-state index is 0.618. The third kappa shape index (κ3) is 5.28. The SMILES string of the molecule is CCCCCC(Cc1nccs1)NCC. The number of nitrogens with one attached hydrogen (secondary N) is 1. The van der Waals surface area contributed by atoms with Gasteiger partial charge in [-0.2, -0.15) is 0 Å². The Kier molecular flexibility index (Phi) is 6.60. The molecule has 15 heavy (non-hydrogen) atoms. The molecule has 0 radical (unpaired) electrons. The summed E-state index contributed by atoms with van der Waals surface area (Å²) >= 11 is 1.77. The predicted octanol–water partition coefficient (Wildman–Crippen LogP) is 3.24. The van der Waals surface area contributed by atoms with Gasteiger partial charge in [0.1, 0.15) is 0 Å². The quantitative estimate of drug-likeness (QED) is 0.688. The monoisotopic (exact) mass is 226 g/mol. The predicted molar refractivity (Wildman–Crippen MR) is 67.4 cm³/mol. The zero-order valence-corrected chi connectivity index (χ0v) is 10.6. The van der Waals surface area contributed by atoms with E-state index in [0.29, 0.717) is 6.04 Å². The van der Waals surface area contributed by atoms with Crippen molar-refractivity contribution < 1.29 is 0 Å². The molecule has 0 spiro atoms. The van der Waals surface area contributed by atoms with Crippen LogP contribution in [0.4, 0.5) is 0 Å². The molecule has 0 aliphatic carbocycles. The molecule has 0 aliphatic rings. The van der Waals surface area contributed by atoms with E-state index in [-0.39, 0.29) is 0 Å². The molecule has 0 aromatic carbocycles.